The van der Waals surface area contributed by atoms with E-state index in [1.54, 1.807) is 17.7 Å². The van der Waals surface area contributed by atoms with Gasteiger partial charge in [0.25, 0.3) is 0 Å². The van der Waals surface area contributed by atoms with Gasteiger partial charge < -0.3 is 5.32 Å². The van der Waals surface area contributed by atoms with Crippen LogP contribution < -0.4 is 5.32 Å². The Morgan fingerprint density at radius 1 is 1.18 bits per heavy atom. The molecule has 1 aliphatic rings. The van der Waals surface area contributed by atoms with Gasteiger partial charge in [-0.2, -0.15) is 10.1 Å². The topological polar surface area (TPSA) is 42.7 Å². The zero-order chi connectivity index (χ0) is 15.1. The molecule has 0 amide bonds. The third-order valence-electron chi connectivity index (χ3n) is 4.06. The zero-order valence-corrected chi connectivity index (χ0v) is 13.3. The lowest BCUT2D eigenvalue weighted by molar-refractivity contribution is 0.620. The van der Waals surface area contributed by atoms with E-state index in [1.807, 2.05) is 4.68 Å². The third-order valence-corrected chi connectivity index (χ3v) is 5.00. The van der Waals surface area contributed by atoms with Crippen molar-refractivity contribution in [2.45, 2.75) is 19.9 Å². The second kappa shape index (κ2) is 5.10. The molecule has 2 aromatic heterocycles. The summed E-state index contributed by atoms with van der Waals surface area (Å²) in [6.45, 7) is 4.27. The van der Waals surface area contributed by atoms with E-state index in [0.29, 0.717) is 0 Å². The maximum atomic E-state index is 4.36. The standard InChI is InChI=1S/C17H16N4S/c1-11-5-6-13(8-12(11)2)14-9-15(16-4-3-7-22-16)21-17(20-14)18-10-19-21/h3-10,15H,1-2H3,(H,18,19,20). The van der Waals surface area contributed by atoms with Crippen molar-refractivity contribution in [1.29, 1.82) is 0 Å². The van der Waals surface area contributed by atoms with Gasteiger partial charge in [0.2, 0.25) is 5.95 Å². The van der Waals surface area contributed by atoms with Gasteiger partial charge in [-0.1, -0.05) is 18.2 Å². The molecule has 1 aromatic carbocycles. The number of thiophene rings is 1. The largest absolute Gasteiger partial charge is 0.324 e. The first-order chi connectivity index (χ1) is 10.7. The van der Waals surface area contributed by atoms with Crippen LogP contribution in [0.5, 0.6) is 0 Å². The Balaban J connectivity index is 1.81. The molecule has 0 saturated heterocycles. The number of aryl methyl sites for hydroxylation is 2. The summed E-state index contributed by atoms with van der Waals surface area (Å²) < 4.78 is 1.93. The van der Waals surface area contributed by atoms with Crippen LogP contribution in [0.3, 0.4) is 0 Å². The van der Waals surface area contributed by atoms with Gasteiger partial charge >= 0.3 is 0 Å². The minimum absolute atomic E-state index is 0.0929. The van der Waals surface area contributed by atoms with Gasteiger partial charge in [0.15, 0.2) is 0 Å². The molecule has 22 heavy (non-hydrogen) atoms. The number of allylic oxidation sites excluding steroid dienone is 1. The molecule has 5 heteroatoms. The number of benzene rings is 1. The lowest BCUT2D eigenvalue weighted by atomic mass is 10.0. The first kappa shape index (κ1) is 13.3. The zero-order valence-electron chi connectivity index (χ0n) is 12.4. The maximum Gasteiger partial charge on any atom is 0.226 e. The second-order valence-corrected chi connectivity index (χ2v) is 6.47. The molecule has 1 unspecified atom stereocenters. The fourth-order valence-corrected chi connectivity index (χ4v) is 3.45. The van der Waals surface area contributed by atoms with Crippen molar-refractivity contribution in [3.05, 3.63) is 69.7 Å². The average molecular weight is 308 g/mol. The summed E-state index contributed by atoms with van der Waals surface area (Å²) >= 11 is 1.74. The average Bonchev–Trinajstić information content (AvgIpc) is 3.19. The molecule has 0 radical (unpaired) electrons. The highest BCUT2D eigenvalue weighted by molar-refractivity contribution is 7.10. The number of aromatic nitrogens is 3. The SMILES string of the molecule is Cc1ccc(C2=CC(c3cccs3)n3ncnc3N2)cc1C. The Morgan fingerprint density at radius 3 is 2.86 bits per heavy atom. The third kappa shape index (κ3) is 2.14. The summed E-state index contributed by atoms with van der Waals surface area (Å²) in [5, 5.41) is 9.84. The van der Waals surface area contributed by atoms with Crippen LogP contribution >= 0.6 is 11.3 Å². The van der Waals surface area contributed by atoms with Gasteiger partial charge in [-0.25, -0.2) is 4.68 Å². The molecular weight excluding hydrogens is 292 g/mol. The minimum Gasteiger partial charge on any atom is -0.324 e. The van der Waals surface area contributed by atoms with Crippen LogP contribution in [0, 0.1) is 13.8 Å². The normalized spacial score (nSPS) is 16.8. The number of rotatable bonds is 2. The fourth-order valence-electron chi connectivity index (χ4n) is 2.67. The Kier molecular flexibility index (Phi) is 3.08. The molecule has 0 bridgehead atoms. The summed E-state index contributed by atoms with van der Waals surface area (Å²) in [6, 6.07) is 10.8. The van der Waals surface area contributed by atoms with Gasteiger partial charge in [-0.15, -0.1) is 11.3 Å². The fraction of sp³-hybridized carbons (Fsp3) is 0.176. The number of nitrogens with one attached hydrogen (secondary N) is 1. The maximum absolute atomic E-state index is 4.36. The summed E-state index contributed by atoms with van der Waals surface area (Å²) in [7, 11) is 0. The van der Waals surface area contributed by atoms with E-state index >= 15 is 0 Å². The molecule has 3 heterocycles. The van der Waals surface area contributed by atoms with E-state index in [4.69, 9.17) is 0 Å². The van der Waals surface area contributed by atoms with E-state index in [1.165, 1.54) is 21.6 Å². The Labute approximate surface area is 133 Å². The molecule has 0 spiro atoms. The van der Waals surface area contributed by atoms with Crippen molar-refractivity contribution < 1.29 is 0 Å². The van der Waals surface area contributed by atoms with Crippen LogP contribution in [0.1, 0.15) is 27.6 Å². The highest BCUT2D eigenvalue weighted by Crippen LogP contribution is 2.34. The quantitative estimate of drug-likeness (QED) is 0.778. The molecule has 110 valence electrons. The van der Waals surface area contributed by atoms with Gasteiger partial charge in [0.1, 0.15) is 12.4 Å². The number of nitrogens with zero attached hydrogens (tertiary/aromatic N) is 3. The second-order valence-electron chi connectivity index (χ2n) is 5.49. The van der Waals surface area contributed by atoms with E-state index in [2.05, 4.69) is 71.0 Å². The van der Waals surface area contributed by atoms with Crippen molar-refractivity contribution in [1.82, 2.24) is 14.8 Å². The number of hydrogen-bond donors (Lipinski definition) is 1. The molecule has 1 N–H and O–H groups in total. The van der Waals surface area contributed by atoms with Crippen LogP contribution in [-0.4, -0.2) is 14.8 Å². The van der Waals surface area contributed by atoms with E-state index in [0.717, 1.165) is 11.6 Å². The van der Waals surface area contributed by atoms with Gasteiger partial charge in [0.05, 0.1) is 0 Å². The van der Waals surface area contributed by atoms with Gasteiger partial charge in [0, 0.05) is 10.6 Å². The van der Waals surface area contributed by atoms with Gasteiger partial charge in [-0.3, -0.25) is 0 Å². The molecular formula is C17H16N4S. The molecule has 1 atom stereocenters. The van der Waals surface area contributed by atoms with E-state index in [9.17, 15) is 0 Å². The lowest BCUT2D eigenvalue weighted by Gasteiger charge is -2.23. The van der Waals surface area contributed by atoms with Crippen LogP contribution in [0.2, 0.25) is 0 Å². The van der Waals surface area contributed by atoms with Crippen LogP contribution in [-0.2, 0) is 0 Å². The molecule has 4 nitrogen and oxygen atoms in total. The molecule has 0 aliphatic carbocycles. The molecule has 0 saturated carbocycles. The van der Waals surface area contributed by atoms with Crippen LogP contribution in [0.25, 0.3) is 5.70 Å². The predicted octanol–water partition coefficient (Wildman–Crippen LogP) is 4.01. The monoisotopic (exact) mass is 308 g/mol. The number of anilines is 1. The number of fused-ring (bicyclic) bond motifs is 1. The Hall–Kier alpha value is -2.40. The Morgan fingerprint density at radius 2 is 2.09 bits per heavy atom. The van der Waals surface area contributed by atoms with Crippen molar-refractivity contribution >= 4 is 23.0 Å². The predicted molar refractivity (Wildman–Crippen MR) is 90.0 cm³/mol. The summed E-state index contributed by atoms with van der Waals surface area (Å²) in [5.41, 5.74) is 4.86. The molecule has 0 fully saturated rings. The van der Waals surface area contributed by atoms with Crippen molar-refractivity contribution in [3.8, 4) is 0 Å². The molecule has 1 aliphatic heterocycles. The number of hydrogen-bond acceptors (Lipinski definition) is 4. The first-order valence-electron chi connectivity index (χ1n) is 7.22. The van der Waals surface area contributed by atoms with E-state index in [-0.39, 0.29) is 6.04 Å². The molecule has 3 aromatic rings. The lowest BCUT2D eigenvalue weighted by Crippen LogP contribution is -2.19. The van der Waals surface area contributed by atoms with Gasteiger partial charge in [-0.05, 0) is 54.1 Å². The smallest absolute Gasteiger partial charge is 0.226 e. The van der Waals surface area contributed by atoms with Crippen molar-refractivity contribution in [2.24, 2.45) is 0 Å². The van der Waals surface area contributed by atoms with E-state index < -0.39 is 0 Å². The van der Waals surface area contributed by atoms with Crippen LogP contribution in [0.15, 0.2) is 48.1 Å². The van der Waals surface area contributed by atoms with Crippen LogP contribution in [0.4, 0.5) is 5.95 Å². The molecule has 4 rings (SSSR count). The first-order valence-corrected chi connectivity index (χ1v) is 8.10. The summed E-state index contributed by atoms with van der Waals surface area (Å²) in [5.74, 6) is 0.786. The van der Waals surface area contributed by atoms with Crippen molar-refractivity contribution in [2.75, 3.05) is 5.32 Å². The summed E-state index contributed by atoms with van der Waals surface area (Å²) in [6.07, 6.45) is 3.82. The Bertz CT molecular complexity index is 845. The van der Waals surface area contributed by atoms with Crippen molar-refractivity contribution in [3.63, 3.8) is 0 Å². The summed E-state index contributed by atoms with van der Waals surface area (Å²) in [4.78, 5) is 5.60. The minimum atomic E-state index is 0.0929. The highest BCUT2D eigenvalue weighted by Gasteiger charge is 2.24. The highest BCUT2D eigenvalue weighted by atomic mass is 32.1.